The molecule has 0 radical (unpaired) electrons. The molecule has 0 spiro atoms. The molecule has 0 atom stereocenters. The zero-order valence-corrected chi connectivity index (χ0v) is 23.7. The van der Waals surface area contributed by atoms with Gasteiger partial charge >= 0.3 is 5.97 Å². The minimum absolute atomic E-state index is 0.120. The van der Waals surface area contributed by atoms with Crippen LogP contribution >= 0.6 is 43.5 Å². The van der Waals surface area contributed by atoms with Crippen molar-refractivity contribution in [1.82, 2.24) is 9.66 Å². The topological polar surface area (TPSA) is 93.8 Å². The molecule has 0 bridgehead atoms. The van der Waals surface area contributed by atoms with E-state index in [0.717, 1.165) is 17.3 Å². The molecular formula is C27H22Br2ClN3O4. The number of benzene rings is 3. The zero-order valence-electron chi connectivity index (χ0n) is 19.7. The van der Waals surface area contributed by atoms with Crippen LogP contribution in [0.1, 0.15) is 47.1 Å². The lowest BCUT2D eigenvalue weighted by Crippen LogP contribution is -2.22. The molecular weight excluding hydrogens is 626 g/mol. The monoisotopic (exact) mass is 645 g/mol. The van der Waals surface area contributed by atoms with E-state index < -0.39 is 5.97 Å². The van der Waals surface area contributed by atoms with E-state index in [4.69, 9.17) is 21.3 Å². The third-order valence-corrected chi connectivity index (χ3v) is 6.84. The van der Waals surface area contributed by atoms with Crippen LogP contribution < -0.4 is 10.3 Å². The first-order chi connectivity index (χ1) is 17.8. The minimum Gasteiger partial charge on any atom is -0.487 e. The molecule has 10 heteroatoms. The maximum atomic E-state index is 13.4. The Balaban J connectivity index is 1.73. The van der Waals surface area contributed by atoms with Crippen molar-refractivity contribution in [2.75, 3.05) is 0 Å². The van der Waals surface area contributed by atoms with Gasteiger partial charge in [0.1, 0.15) is 18.2 Å². The van der Waals surface area contributed by atoms with Gasteiger partial charge in [-0.15, -0.1) is 0 Å². The van der Waals surface area contributed by atoms with E-state index in [0.29, 0.717) is 49.5 Å². The minimum atomic E-state index is -1.01. The Kier molecular flexibility index (Phi) is 8.79. The van der Waals surface area contributed by atoms with Crippen LogP contribution in [0.15, 0.2) is 73.4 Å². The number of fused-ring (bicyclic) bond motifs is 1. The molecule has 0 aliphatic carbocycles. The van der Waals surface area contributed by atoms with Crippen molar-refractivity contribution >= 4 is 66.5 Å². The number of rotatable bonds is 9. The third kappa shape index (κ3) is 6.47. The molecule has 37 heavy (non-hydrogen) atoms. The van der Waals surface area contributed by atoms with E-state index in [9.17, 15) is 14.7 Å². The van der Waals surface area contributed by atoms with E-state index >= 15 is 0 Å². The van der Waals surface area contributed by atoms with Gasteiger partial charge in [-0.1, -0.05) is 53.0 Å². The summed E-state index contributed by atoms with van der Waals surface area (Å²) in [5.41, 5.74) is 1.74. The number of unbranched alkanes of at least 4 members (excludes halogenated alkanes) is 1. The summed E-state index contributed by atoms with van der Waals surface area (Å²) in [5.74, 6) is 0.00295. The van der Waals surface area contributed by atoms with Crippen molar-refractivity contribution in [1.29, 1.82) is 0 Å². The Hall–Kier alpha value is -3.01. The largest absolute Gasteiger partial charge is 0.487 e. The first-order valence-electron chi connectivity index (χ1n) is 11.5. The second kappa shape index (κ2) is 12.0. The number of halogens is 3. The first kappa shape index (κ1) is 27.0. The molecule has 0 aliphatic rings. The smallest absolute Gasteiger partial charge is 0.335 e. The number of nitrogens with zero attached hydrogens (tertiary/aromatic N) is 3. The lowest BCUT2D eigenvalue weighted by Gasteiger charge is -2.13. The van der Waals surface area contributed by atoms with Crippen LogP contribution in [0, 0.1) is 0 Å². The van der Waals surface area contributed by atoms with E-state index in [1.165, 1.54) is 17.0 Å². The summed E-state index contributed by atoms with van der Waals surface area (Å²) in [6.07, 6.45) is 3.91. The van der Waals surface area contributed by atoms with Gasteiger partial charge in [0.05, 0.1) is 27.2 Å². The average molecular weight is 648 g/mol. The first-order valence-corrected chi connectivity index (χ1v) is 13.4. The van der Waals surface area contributed by atoms with Crippen LogP contribution in [-0.4, -0.2) is 27.0 Å². The van der Waals surface area contributed by atoms with Gasteiger partial charge in [-0.25, -0.2) is 9.78 Å². The molecule has 1 aromatic heterocycles. The highest BCUT2D eigenvalue weighted by Crippen LogP contribution is 2.32. The number of carbonyl (C=O) groups is 1. The predicted octanol–water partition coefficient (Wildman–Crippen LogP) is 7.08. The maximum absolute atomic E-state index is 13.4. The van der Waals surface area contributed by atoms with Gasteiger partial charge in [0, 0.05) is 21.5 Å². The molecule has 0 aliphatic heterocycles. The highest BCUT2D eigenvalue weighted by Gasteiger charge is 2.14. The van der Waals surface area contributed by atoms with Crippen molar-refractivity contribution in [3.8, 4) is 5.75 Å². The SMILES string of the molecule is CCCCc1nc2ccc(Br)cc2c(=O)n1N=Cc1cc(Cl)cc(Br)c1OCc1cccc(C(=O)O)c1. The number of carboxylic acids is 1. The zero-order chi connectivity index (χ0) is 26.5. The fourth-order valence-corrected chi connectivity index (χ4v) is 5.02. The molecule has 190 valence electrons. The molecule has 0 amide bonds. The van der Waals surface area contributed by atoms with Gasteiger partial charge in [0.15, 0.2) is 0 Å². The van der Waals surface area contributed by atoms with Crippen LogP contribution in [0.4, 0.5) is 0 Å². The summed E-state index contributed by atoms with van der Waals surface area (Å²) < 4.78 is 8.73. The van der Waals surface area contributed by atoms with Crippen molar-refractivity contribution < 1.29 is 14.6 Å². The van der Waals surface area contributed by atoms with Crippen molar-refractivity contribution in [2.24, 2.45) is 5.10 Å². The molecule has 4 rings (SSSR count). The van der Waals surface area contributed by atoms with Gasteiger partial charge in [-0.3, -0.25) is 4.79 Å². The number of hydrogen-bond donors (Lipinski definition) is 1. The van der Waals surface area contributed by atoms with Crippen LogP contribution in [0.5, 0.6) is 5.75 Å². The second-order valence-corrected chi connectivity index (χ2v) is 10.5. The molecule has 3 aromatic carbocycles. The highest BCUT2D eigenvalue weighted by molar-refractivity contribution is 9.10. The summed E-state index contributed by atoms with van der Waals surface area (Å²) in [6.45, 7) is 2.19. The normalized spacial score (nSPS) is 11.4. The van der Waals surface area contributed by atoms with Gasteiger partial charge in [-0.05, 0) is 70.4 Å². The summed E-state index contributed by atoms with van der Waals surface area (Å²) in [6, 6.07) is 15.3. The van der Waals surface area contributed by atoms with Gasteiger partial charge in [0.2, 0.25) is 0 Å². The fourth-order valence-electron chi connectivity index (χ4n) is 3.71. The predicted molar refractivity (Wildman–Crippen MR) is 152 cm³/mol. The number of aromatic nitrogens is 2. The summed E-state index contributed by atoms with van der Waals surface area (Å²) in [4.78, 5) is 29.4. The average Bonchev–Trinajstić information content (AvgIpc) is 2.87. The Morgan fingerprint density at radius 2 is 2.00 bits per heavy atom. The molecule has 4 aromatic rings. The number of ether oxygens (including phenoxy) is 1. The fraction of sp³-hybridized carbons (Fsp3) is 0.185. The Morgan fingerprint density at radius 3 is 2.76 bits per heavy atom. The standard InChI is InChI=1S/C27H22Br2ClN3O4/c1-2-3-7-24-32-23-9-8-19(28)12-21(23)26(34)33(24)31-14-18-11-20(30)13-22(29)25(18)37-15-16-5-4-6-17(10-16)27(35)36/h4-6,8-14H,2-3,7,15H2,1H3,(H,35,36). The number of aryl methyl sites for hydroxylation is 1. The molecule has 7 nitrogen and oxygen atoms in total. The molecule has 0 saturated heterocycles. The Bertz CT molecular complexity index is 1570. The summed E-state index contributed by atoms with van der Waals surface area (Å²) in [7, 11) is 0. The molecule has 1 N–H and O–H groups in total. The van der Waals surface area contributed by atoms with E-state index in [-0.39, 0.29) is 17.7 Å². The maximum Gasteiger partial charge on any atom is 0.335 e. The molecule has 0 fully saturated rings. The Labute approximate surface area is 235 Å². The Morgan fingerprint density at radius 1 is 1.19 bits per heavy atom. The summed E-state index contributed by atoms with van der Waals surface area (Å²) >= 11 is 13.2. The van der Waals surface area contributed by atoms with Crippen LogP contribution in [0.2, 0.25) is 5.02 Å². The van der Waals surface area contributed by atoms with Crippen LogP contribution in [-0.2, 0) is 13.0 Å². The molecule has 0 unspecified atom stereocenters. The highest BCUT2D eigenvalue weighted by atomic mass is 79.9. The lowest BCUT2D eigenvalue weighted by atomic mass is 10.1. The van der Waals surface area contributed by atoms with Gasteiger partial charge in [-0.2, -0.15) is 9.78 Å². The van der Waals surface area contributed by atoms with Crippen LogP contribution in [0.3, 0.4) is 0 Å². The summed E-state index contributed by atoms with van der Waals surface area (Å²) in [5, 5.41) is 14.7. The number of carboxylic acid groups (broad SMARTS) is 1. The number of hydrogen-bond acceptors (Lipinski definition) is 5. The lowest BCUT2D eigenvalue weighted by molar-refractivity contribution is 0.0696. The van der Waals surface area contributed by atoms with Crippen molar-refractivity contribution in [2.45, 2.75) is 32.8 Å². The quantitative estimate of drug-likeness (QED) is 0.196. The number of aromatic carboxylic acids is 1. The van der Waals surface area contributed by atoms with E-state index in [2.05, 4.69) is 43.9 Å². The van der Waals surface area contributed by atoms with Crippen LogP contribution in [0.25, 0.3) is 10.9 Å². The van der Waals surface area contributed by atoms with E-state index in [1.807, 2.05) is 12.1 Å². The van der Waals surface area contributed by atoms with Gasteiger partial charge < -0.3 is 9.84 Å². The molecule has 1 heterocycles. The van der Waals surface area contributed by atoms with E-state index in [1.54, 1.807) is 36.4 Å². The van der Waals surface area contributed by atoms with Gasteiger partial charge in [0.25, 0.3) is 5.56 Å². The third-order valence-electron chi connectivity index (χ3n) is 5.54. The second-order valence-electron chi connectivity index (χ2n) is 8.25. The van der Waals surface area contributed by atoms with Crippen molar-refractivity contribution in [3.63, 3.8) is 0 Å². The van der Waals surface area contributed by atoms with Crippen molar-refractivity contribution in [3.05, 3.63) is 101 Å². The molecule has 0 saturated carbocycles.